The van der Waals surface area contributed by atoms with Gasteiger partial charge in [0.1, 0.15) is 6.26 Å². The smallest absolute Gasteiger partial charge is 0.101 e. The number of rotatable bonds is 17. The van der Waals surface area contributed by atoms with E-state index in [4.69, 9.17) is 10.8 Å². The molecule has 1 atom stereocenters. The van der Waals surface area contributed by atoms with E-state index < -0.39 is 6.10 Å². The van der Waals surface area contributed by atoms with E-state index in [9.17, 15) is 5.11 Å². The first-order valence-corrected chi connectivity index (χ1v) is 10.00. The summed E-state index contributed by atoms with van der Waals surface area (Å²) >= 11 is 0. The Bertz CT molecular complexity index is 266. The van der Waals surface area contributed by atoms with Gasteiger partial charge in [0.25, 0.3) is 0 Å². The van der Waals surface area contributed by atoms with Crippen LogP contribution in [0.5, 0.6) is 0 Å². The minimum Gasteiger partial charge on any atom is -0.514 e. The van der Waals surface area contributed by atoms with E-state index in [1.54, 1.807) is 0 Å². The second-order valence-corrected chi connectivity index (χ2v) is 6.88. The van der Waals surface area contributed by atoms with E-state index in [-0.39, 0.29) is 5.70 Å². The molecule has 4 N–H and O–H groups in total. The molecule has 0 fully saturated rings. The van der Waals surface area contributed by atoms with Crippen LogP contribution in [0, 0.1) is 0 Å². The highest BCUT2D eigenvalue weighted by Crippen LogP contribution is 2.14. The van der Waals surface area contributed by atoms with Crippen molar-refractivity contribution in [2.24, 2.45) is 5.73 Å². The van der Waals surface area contributed by atoms with Crippen molar-refractivity contribution in [2.45, 2.75) is 116 Å². The van der Waals surface area contributed by atoms with Gasteiger partial charge >= 0.3 is 0 Å². The van der Waals surface area contributed by atoms with Gasteiger partial charge in [-0.15, -0.1) is 0 Å². The van der Waals surface area contributed by atoms with Crippen LogP contribution in [0.3, 0.4) is 0 Å². The van der Waals surface area contributed by atoms with Gasteiger partial charge in [0.05, 0.1) is 11.8 Å². The molecule has 0 rings (SSSR count). The Morgan fingerprint density at radius 2 is 1.09 bits per heavy atom. The van der Waals surface area contributed by atoms with Crippen molar-refractivity contribution in [2.75, 3.05) is 0 Å². The quantitative estimate of drug-likeness (QED) is 0.228. The molecule has 0 saturated heterocycles. The average Bonchev–Trinajstić information content (AvgIpc) is 2.57. The van der Waals surface area contributed by atoms with Crippen LogP contribution in [0.15, 0.2) is 12.0 Å². The second-order valence-electron chi connectivity index (χ2n) is 6.88. The van der Waals surface area contributed by atoms with Crippen molar-refractivity contribution in [3.8, 4) is 0 Å². The lowest BCUT2D eigenvalue weighted by Crippen LogP contribution is -2.17. The van der Waals surface area contributed by atoms with E-state index in [2.05, 4.69) is 6.92 Å². The maximum atomic E-state index is 9.57. The normalized spacial score (nSPS) is 13.4. The van der Waals surface area contributed by atoms with Gasteiger partial charge < -0.3 is 15.9 Å². The maximum Gasteiger partial charge on any atom is 0.101 e. The Hall–Kier alpha value is -0.700. The topological polar surface area (TPSA) is 66.5 Å². The molecule has 0 spiro atoms. The minimum atomic E-state index is -0.679. The van der Waals surface area contributed by atoms with E-state index in [1.807, 2.05) is 0 Å². The van der Waals surface area contributed by atoms with Crippen molar-refractivity contribution in [1.82, 2.24) is 0 Å². The molecule has 0 amide bonds. The number of unbranched alkanes of at least 4 members (excludes halogenated alkanes) is 14. The maximum absolute atomic E-state index is 9.57. The fourth-order valence-corrected chi connectivity index (χ4v) is 2.96. The van der Waals surface area contributed by atoms with Crippen LogP contribution in [-0.4, -0.2) is 16.3 Å². The fraction of sp³-hybridized carbons (Fsp3) is 0.900. The van der Waals surface area contributed by atoms with Gasteiger partial charge in [0.2, 0.25) is 0 Å². The Kier molecular flexibility index (Phi) is 17.1. The first kappa shape index (κ1) is 22.3. The first-order chi connectivity index (χ1) is 11.2. The Balaban J connectivity index is 3.11. The molecule has 0 aromatic rings. The second kappa shape index (κ2) is 17.7. The van der Waals surface area contributed by atoms with Crippen LogP contribution in [-0.2, 0) is 0 Å². The number of aliphatic hydroxyl groups is 2. The van der Waals surface area contributed by atoms with Crippen molar-refractivity contribution < 1.29 is 10.2 Å². The predicted octanol–water partition coefficient (Wildman–Crippen LogP) is 5.97. The van der Waals surface area contributed by atoms with Crippen LogP contribution >= 0.6 is 0 Å². The molecule has 138 valence electrons. The molecule has 0 aliphatic rings. The van der Waals surface area contributed by atoms with Crippen LogP contribution in [0.1, 0.15) is 110 Å². The van der Waals surface area contributed by atoms with Gasteiger partial charge in [-0.05, 0) is 6.42 Å². The standard InChI is InChI=1S/C20H41NO2/c1-2-3-4-5-6-7-8-9-10-11-12-13-14-15-16-17-20(23)19(21)18-22/h18,20,22-23H,2-17,21H2,1H3/b19-18-. The SMILES string of the molecule is CCCCCCCCCCCCCCCCCC(O)/C(N)=C/O. The molecule has 3 nitrogen and oxygen atoms in total. The summed E-state index contributed by atoms with van der Waals surface area (Å²) < 4.78 is 0. The molecule has 0 saturated carbocycles. The summed E-state index contributed by atoms with van der Waals surface area (Å²) in [7, 11) is 0. The van der Waals surface area contributed by atoms with E-state index in [1.165, 1.54) is 83.5 Å². The van der Waals surface area contributed by atoms with Crippen molar-refractivity contribution >= 4 is 0 Å². The molecule has 0 aliphatic heterocycles. The molecule has 0 bridgehead atoms. The van der Waals surface area contributed by atoms with Crippen molar-refractivity contribution in [3.63, 3.8) is 0 Å². The monoisotopic (exact) mass is 327 g/mol. The summed E-state index contributed by atoms with van der Waals surface area (Å²) in [6.45, 7) is 2.27. The largest absolute Gasteiger partial charge is 0.514 e. The van der Waals surface area contributed by atoms with Gasteiger partial charge in [0.15, 0.2) is 0 Å². The van der Waals surface area contributed by atoms with Crippen LogP contribution < -0.4 is 5.73 Å². The average molecular weight is 328 g/mol. The lowest BCUT2D eigenvalue weighted by atomic mass is 10.0. The van der Waals surface area contributed by atoms with Crippen LogP contribution in [0.4, 0.5) is 0 Å². The molecule has 1 unspecified atom stereocenters. The summed E-state index contributed by atoms with van der Waals surface area (Å²) in [6.07, 6.45) is 20.9. The zero-order valence-electron chi connectivity index (χ0n) is 15.4. The lowest BCUT2D eigenvalue weighted by Gasteiger charge is -2.09. The Morgan fingerprint density at radius 3 is 1.43 bits per heavy atom. The van der Waals surface area contributed by atoms with Gasteiger partial charge in [0, 0.05) is 0 Å². The third kappa shape index (κ3) is 16.0. The zero-order chi connectivity index (χ0) is 17.2. The summed E-state index contributed by atoms with van der Waals surface area (Å²) in [6, 6.07) is 0. The highest BCUT2D eigenvalue weighted by molar-refractivity contribution is 4.97. The van der Waals surface area contributed by atoms with Crippen LogP contribution in [0.2, 0.25) is 0 Å². The molecule has 23 heavy (non-hydrogen) atoms. The molecular weight excluding hydrogens is 286 g/mol. The molecule has 3 heteroatoms. The van der Waals surface area contributed by atoms with E-state index >= 15 is 0 Å². The Morgan fingerprint density at radius 1 is 0.739 bits per heavy atom. The van der Waals surface area contributed by atoms with Gasteiger partial charge in [-0.25, -0.2) is 0 Å². The van der Waals surface area contributed by atoms with Crippen molar-refractivity contribution in [3.05, 3.63) is 12.0 Å². The third-order valence-electron chi connectivity index (χ3n) is 4.61. The van der Waals surface area contributed by atoms with Crippen molar-refractivity contribution in [1.29, 1.82) is 0 Å². The van der Waals surface area contributed by atoms with E-state index in [0.717, 1.165) is 19.1 Å². The molecule has 0 aromatic heterocycles. The molecule has 0 aliphatic carbocycles. The zero-order valence-corrected chi connectivity index (χ0v) is 15.4. The van der Waals surface area contributed by atoms with Gasteiger partial charge in [-0.1, -0.05) is 103 Å². The summed E-state index contributed by atoms with van der Waals surface area (Å²) in [5.74, 6) is 0. The number of hydrogen-bond acceptors (Lipinski definition) is 3. The van der Waals surface area contributed by atoms with E-state index in [0.29, 0.717) is 6.42 Å². The molecule has 0 heterocycles. The molecular formula is C20H41NO2. The summed E-state index contributed by atoms with van der Waals surface area (Å²) in [4.78, 5) is 0. The first-order valence-electron chi connectivity index (χ1n) is 10.00. The predicted molar refractivity (Wildman–Crippen MR) is 100 cm³/mol. The summed E-state index contributed by atoms with van der Waals surface area (Å²) in [5.41, 5.74) is 5.61. The molecule has 0 aromatic carbocycles. The number of nitrogens with two attached hydrogens (primary N) is 1. The number of aliphatic hydroxyl groups excluding tert-OH is 2. The summed E-state index contributed by atoms with van der Waals surface area (Å²) in [5, 5.41) is 18.3. The van der Waals surface area contributed by atoms with Gasteiger partial charge in [-0.3, -0.25) is 0 Å². The Labute approximate surface area is 144 Å². The van der Waals surface area contributed by atoms with Gasteiger partial charge in [-0.2, -0.15) is 0 Å². The molecule has 0 radical (unpaired) electrons. The highest BCUT2D eigenvalue weighted by Gasteiger charge is 2.06. The highest BCUT2D eigenvalue weighted by atomic mass is 16.3. The third-order valence-corrected chi connectivity index (χ3v) is 4.61. The minimum absolute atomic E-state index is 0.176. The fourth-order valence-electron chi connectivity index (χ4n) is 2.96. The number of hydrogen-bond donors (Lipinski definition) is 3. The van der Waals surface area contributed by atoms with Crippen LogP contribution in [0.25, 0.3) is 0 Å². The lowest BCUT2D eigenvalue weighted by molar-refractivity contribution is 0.190.